The number of benzene rings is 2. The number of nitrogens with zero attached hydrogens (tertiary/aromatic N) is 2. The number of hydrogen-bond donors (Lipinski definition) is 0. The predicted octanol–water partition coefficient (Wildman–Crippen LogP) is 5.23. The lowest BCUT2D eigenvalue weighted by Gasteiger charge is -2.29. The summed E-state index contributed by atoms with van der Waals surface area (Å²) in [4.78, 5) is 31.3. The number of thiophene rings is 1. The van der Waals surface area contributed by atoms with Crippen LogP contribution in [0, 0.1) is 11.7 Å². The van der Waals surface area contributed by atoms with Gasteiger partial charge in [0.25, 0.3) is 5.91 Å². The Bertz CT molecular complexity index is 1120. The summed E-state index contributed by atoms with van der Waals surface area (Å²) in [6.07, 6.45) is 0. The lowest BCUT2D eigenvalue weighted by Crippen LogP contribution is -2.44. The Hall–Kier alpha value is -3.39. The molecule has 0 aliphatic carbocycles. The molecule has 0 aliphatic rings. The van der Waals surface area contributed by atoms with E-state index in [1.54, 1.807) is 58.6 Å². The van der Waals surface area contributed by atoms with E-state index in [0.29, 0.717) is 36.7 Å². The molecule has 0 saturated carbocycles. The first kappa shape index (κ1) is 26.2. The van der Waals surface area contributed by atoms with Gasteiger partial charge in [0.05, 0.1) is 26.3 Å². The van der Waals surface area contributed by atoms with Crippen molar-refractivity contribution in [2.24, 2.45) is 5.92 Å². The van der Waals surface area contributed by atoms with Crippen molar-refractivity contribution in [2.75, 3.05) is 27.3 Å². The number of ether oxygens (including phenoxy) is 2. The van der Waals surface area contributed by atoms with Gasteiger partial charge in [0.2, 0.25) is 5.91 Å². The van der Waals surface area contributed by atoms with Crippen LogP contribution in [0.15, 0.2) is 60.0 Å². The molecule has 0 bridgehead atoms. The summed E-state index contributed by atoms with van der Waals surface area (Å²) in [6.45, 7) is 5.04. The quantitative estimate of drug-likeness (QED) is 0.363. The largest absolute Gasteiger partial charge is 0.497 e. The van der Waals surface area contributed by atoms with Crippen molar-refractivity contribution >= 4 is 23.2 Å². The van der Waals surface area contributed by atoms with Gasteiger partial charge in [0.1, 0.15) is 23.9 Å². The maximum atomic E-state index is 13.5. The lowest BCUT2D eigenvalue weighted by molar-refractivity contribution is -0.133. The number of carbonyl (C=O) groups excluding carboxylic acids is 2. The van der Waals surface area contributed by atoms with Crippen molar-refractivity contribution in [3.8, 4) is 11.5 Å². The van der Waals surface area contributed by atoms with Gasteiger partial charge in [-0.3, -0.25) is 9.59 Å². The summed E-state index contributed by atoms with van der Waals surface area (Å²) in [7, 11) is 3.04. The van der Waals surface area contributed by atoms with Crippen molar-refractivity contribution in [3.63, 3.8) is 0 Å². The molecule has 0 aliphatic heterocycles. The highest BCUT2D eigenvalue weighted by molar-refractivity contribution is 7.09. The molecule has 2 aromatic carbocycles. The molecule has 8 heteroatoms. The average Bonchev–Trinajstić information content (AvgIpc) is 3.36. The third-order valence-corrected chi connectivity index (χ3v) is 6.27. The molecule has 35 heavy (non-hydrogen) atoms. The molecular weight excluding hydrogens is 467 g/mol. The zero-order chi connectivity index (χ0) is 25.4. The number of rotatable bonds is 11. The van der Waals surface area contributed by atoms with Crippen LogP contribution in [0.5, 0.6) is 11.5 Å². The first-order valence-corrected chi connectivity index (χ1v) is 12.2. The Balaban J connectivity index is 1.85. The van der Waals surface area contributed by atoms with Gasteiger partial charge in [-0.1, -0.05) is 32.0 Å². The minimum absolute atomic E-state index is 0.0846. The van der Waals surface area contributed by atoms with Crippen LogP contribution < -0.4 is 9.47 Å². The number of carbonyl (C=O) groups is 2. The maximum absolute atomic E-state index is 13.5. The molecule has 0 spiro atoms. The summed E-state index contributed by atoms with van der Waals surface area (Å²) < 4.78 is 24.1. The van der Waals surface area contributed by atoms with Gasteiger partial charge in [0, 0.05) is 24.0 Å². The summed E-state index contributed by atoms with van der Waals surface area (Å²) in [5, 5.41) is 1.96. The van der Waals surface area contributed by atoms with E-state index in [4.69, 9.17) is 9.47 Å². The molecule has 0 saturated heterocycles. The van der Waals surface area contributed by atoms with Crippen molar-refractivity contribution in [1.29, 1.82) is 0 Å². The summed E-state index contributed by atoms with van der Waals surface area (Å²) >= 11 is 1.56. The minimum atomic E-state index is -0.327. The van der Waals surface area contributed by atoms with E-state index >= 15 is 0 Å². The molecule has 0 atom stereocenters. The molecule has 0 unspecified atom stereocenters. The Kier molecular flexibility index (Phi) is 9.25. The second-order valence-electron chi connectivity index (χ2n) is 8.60. The highest BCUT2D eigenvalue weighted by Gasteiger charge is 2.26. The van der Waals surface area contributed by atoms with E-state index < -0.39 is 0 Å². The Morgan fingerprint density at radius 2 is 1.71 bits per heavy atom. The van der Waals surface area contributed by atoms with E-state index in [1.807, 2.05) is 31.4 Å². The standard InChI is InChI=1S/C27H31FN2O4S/c1-19(2)15-30(27(32)24-12-11-22(33-3)14-25(24)34-4)18-26(31)29(17-23-6-5-13-35-23)16-20-7-9-21(28)10-8-20/h5-14,19H,15-18H2,1-4H3. The van der Waals surface area contributed by atoms with Crippen molar-refractivity contribution in [3.05, 3.63) is 81.8 Å². The van der Waals surface area contributed by atoms with Gasteiger partial charge in [-0.05, 0) is 47.2 Å². The second kappa shape index (κ2) is 12.4. The van der Waals surface area contributed by atoms with Gasteiger partial charge >= 0.3 is 0 Å². The van der Waals surface area contributed by atoms with Gasteiger partial charge in [-0.2, -0.15) is 0 Å². The number of hydrogen-bond acceptors (Lipinski definition) is 5. The molecule has 2 amide bonds. The molecular formula is C27H31FN2O4S. The van der Waals surface area contributed by atoms with E-state index in [1.165, 1.54) is 19.2 Å². The summed E-state index contributed by atoms with van der Waals surface area (Å²) in [6, 6.07) is 15.0. The normalized spacial score (nSPS) is 10.8. The van der Waals surface area contributed by atoms with Crippen LogP contribution >= 0.6 is 11.3 Å². The molecule has 186 valence electrons. The second-order valence-corrected chi connectivity index (χ2v) is 9.63. The molecule has 0 radical (unpaired) electrons. The SMILES string of the molecule is COc1ccc(C(=O)N(CC(=O)N(Cc2ccc(F)cc2)Cc2cccs2)CC(C)C)c(OC)c1. The summed E-state index contributed by atoms with van der Waals surface area (Å²) in [5.74, 6) is 0.308. The van der Waals surface area contributed by atoms with Crippen LogP contribution in [0.2, 0.25) is 0 Å². The number of halogens is 1. The van der Waals surface area contributed by atoms with E-state index in [9.17, 15) is 14.0 Å². The molecule has 6 nitrogen and oxygen atoms in total. The van der Waals surface area contributed by atoms with E-state index in [2.05, 4.69) is 0 Å². The fraction of sp³-hybridized carbons (Fsp3) is 0.333. The predicted molar refractivity (Wildman–Crippen MR) is 135 cm³/mol. The number of amides is 2. The fourth-order valence-corrected chi connectivity index (χ4v) is 4.42. The Morgan fingerprint density at radius 1 is 0.971 bits per heavy atom. The van der Waals surface area contributed by atoms with Crippen LogP contribution in [0.25, 0.3) is 0 Å². The maximum Gasteiger partial charge on any atom is 0.258 e. The molecule has 1 aromatic heterocycles. The van der Waals surface area contributed by atoms with Crippen LogP contribution in [0.1, 0.15) is 34.6 Å². The van der Waals surface area contributed by atoms with E-state index in [-0.39, 0.29) is 30.1 Å². The van der Waals surface area contributed by atoms with E-state index in [0.717, 1.165) is 10.4 Å². The zero-order valence-corrected chi connectivity index (χ0v) is 21.3. The summed E-state index contributed by atoms with van der Waals surface area (Å²) in [5.41, 5.74) is 1.18. The first-order valence-electron chi connectivity index (χ1n) is 11.4. The van der Waals surface area contributed by atoms with Crippen LogP contribution in [0.3, 0.4) is 0 Å². The molecule has 0 N–H and O–H groups in total. The van der Waals surface area contributed by atoms with Crippen molar-refractivity contribution in [1.82, 2.24) is 9.80 Å². The molecule has 3 aromatic rings. The highest BCUT2D eigenvalue weighted by Crippen LogP contribution is 2.26. The van der Waals surface area contributed by atoms with Crippen LogP contribution in [-0.2, 0) is 17.9 Å². The molecule has 1 heterocycles. The lowest BCUT2D eigenvalue weighted by atomic mass is 10.1. The molecule has 3 rings (SSSR count). The van der Waals surface area contributed by atoms with Gasteiger partial charge in [-0.25, -0.2) is 4.39 Å². The van der Waals surface area contributed by atoms with Crippen LogP contribution in [0.4, 0.5) is 4.39 Å². The Labute approximate surface area is 209 Å². The zero-order valence-electron chi connectivity index (χ0n) is 20.5. The first-order chi connectivity index (χ1) is 16.8. The Morgan fingerprint density at radius 3 is 2.31 bits per heavy atom. The third kappa shape index (κ3) is 7.29. The average molecular weight is 499 g/mol. The third-order valence-electron chi connectivity index (χ3n) is 5.40. The van der Waals surface area contributed by atoms with Gasteiger partial charge in [0.15, 0.2) is 0 Å². The minimum Gasteiger partial charge on any atom is -0.497 e. The van der Waals surface area contributed by atoms with Crippen molar-refractivity contribution in [2.45, 2.75) is 26.9 Å². The van der Waals surface area contributed by atoms with Gasteiger partial charge in [-0.15, -0.1) is 11.3 Å². The number of methoxy groups -OCH3 is 2. The monoisotopic (exact) mass is 498 g/mol. The fourth-order valence-electron chi connectivity index (χ4n) is 3.70. The van der Waals surface area contributed by atoms with Gasteiger partial charge < -0.3 is 19.3 Å². The molecule has 0 fully saturated rings. The topological polar surface area (TPSA) is 59.1 Å². The van der Waals surface area contributed by atoms with Crippen LogP contribution in [-0.4, -0.2) is 48.9 Å². The van der Waals surface area contributed by atoms with Crippen molar-refractivity contribution < 1.29 is 23.5 Å². The highest BCUT2D eigenvalue weighted by atomic mass is 32.1. The smallest absolute Gasteiger partial charge is 0.258 e.